The van der Waals surface area contributed by atoms with E-state index in [2.05, 4.69) is 0 Å². The minimum Gasteiger partial charge on any atom is -0.447 e. The molecule has 1 rings (SSSR count). The minimum absolute atomic E-state index is 0.00295. The molecular formula is C19H28N3O6+. The van der Waals surface area contributed by atoms with Crippen molar-refractivity contribution in [2.45, 2.75) is 39.5 Å². The first-order valence-electron chi connectivity index (χ1n) is 9.02. The van der Waals surface area contributed by atoms with Gasteiger partial charge in [-0.3, -0.25) is 4.84 Å². The van der Waals surface area contributed by atoms with Gasteiger partial charge < -0.3 is 9.57 Å². The summed E-state index contributed by atoms with van der Waals surface area (Å²) in [4.78, 5) is 45.9. The highest BCUT2D eigenvalue weighted by Gasteiger charge is 2.40. The van der Waals surface area contributed by atoms with Gasteiger partial charge in [0.05, 0.1) is 13.0 Å². The lowest BCUT2D eigenvalue weighted by molar-refractivity contribution is -0.991. The number of hydroxylamine groups is 5. The van der Waals surface area contributed by atoms with E-state index in [1.807, 2.05) is 37.3 Å². The van der Waals surface area contributed by atoms with Gasteiger partial charge in [-0.15, -0.1) is 0 Å². The number of guanidine groups is 1. The molecule has 9 nitrogen and oxygen atoms in total. The molecule has 0 saturated heterocycles. The van der Waals surface area contributed by atoms with Gasteiger partial charge in [0.25, 0.3) is 0 Å². The predicted octanol–water partition coefficient (Wildman–Crippen LogP) is 2.81. The van der Waals surface area contributed by atoms with Crippen molar-refractivity contribution in [2.24, 2.45) is 0 Å². The number of carbonyl (C=O) groups is 3. The molecule has 0 atom stereocenters. The number of ether oxygens (including phenoxy) is 1. The molecule has 154 valence electrons. The van der Waals surface area contributed by atoms with Crippen molar-refractivity contribution in [3.8, 4) is 0 Å². The number of nitrogens with one attached hydrogen (secondary N) is 1. The summed E-state index contributed by atoms with van der Waals surface area (Å²) in [5.74, 6) is -1.96. The Kier molecular flexibility index (Phi) is 9.10. The first-order chi connectivity index (χ1) is 13.2. The average Bonchev–Trinajstić information content (AvgIpc) is 2.63. The Hall–Kier alpha value is -2.94. The van der Waals surface area contributed by atoms with Crippen molar-refractivity contribution in [3.63, 3.8) is 0 Å². The molecule has 28 heavy (non-hydrogen) atoms. The quantitative estimate of drug-likeness (QED) is 0.261. The summed E-state index contributed by atoms with van der Waals surface area (Å²) >= 11 is 0. The molecule has 0 aliphatic carbocycles. The zero-order valence-corrected chi connectivity index (χ0v) is 16.8. The fourth-order valence-corrected chi connectivity index (χ4v) is 2.15. The van der Waals surface area contributed by atoms with Crippen molar-refractivity contribution >= 4 is 24.0 Å². The molecule has 1 amide bonds. The van der Waals surface area contributed by atoms with Crippen LogP contribution in [0.1, 0.15) is 38.7 Å². The number of hydrogen-bond acceptors (Lipinski definition) is 7. The number of amides is 1. The molecule has 0 fully saturated rings. The van der Waals surface area contributed by atoms with Crippen LogP contribution in [-0.2, 0) is 30.4 Å². The highest BCUT2D eigenvalue weighted by atomic mass is 16.8. The summed E-state index contributed by atoms with van der Waals surface area (Å²) in [6, 6.07) is 9.31. The Morgan fingerprint density at radius 3 is 2.36 bits per heavy atom. The average molecular weight is 394 g/mol. The predicted molar refractivity (Wildman–Crippen MR) is 101 cm³/mol. The van der Waals surface area contributed by atoms with E-state index in [1.165, 1.54) is 21.0 Å². The number of unbranched alkanes of at least 4 members (excludes halogenated alkanes) is 1. The van der Waals surface area contributed by atoms with E-state index in [0.29, 0.717) is 17.9 Å². The Balaban J connectivity index is 2.84. The van der Waals surface area contributed by atoms with Crippen LogP contribution >= 0.6 is 0 Å². The molecule has 0 saturated carbocycles. The largest absolute Gasteiger partial charge is 0.454 e. The lowest BCUT2D eigenvalue weighted by atomic mass is 10.1. The third-order valence-electron chi connectivity index (χ3n) is 3.60. The van der Waals surface area contributed by atoms with Crippen molar-refractivity contribution in [2.75, 3.05) is 20.7 Å². The minimum atomic E-state index is -1.02. The highest BCUT2D eigenvalue weighted by Crippen LogP contribution is 2.11. The van der Waals surface area contributed by atoms with Crippen molar-refractivity contribution in [3.05, 3.63) is 35.9 Å². The summed E-state index contributed by atoms with van der Waals surface area (Å²) in [6.45, 7) is 3.21. The molecular weight excluding hydrogens is 366 g/mol. The zero-order chi connectivity index (χ0) is 21.2. The number of quaternary nitrogens is 1. The van der Waals surface area contributed by atoms with E-state index in [4.69, 9.17) is 19.8 Å². The maximum Gasteiger partial charge on any atom is 0.454 e. The number of hydrogen-bond donors (Lipinski definition) is 1. The molecule has 0 bridgehead atoms. The fraction of sp³-hybridized carbons (Fsp3) is 0.474. The molecule has 1 N–H and O–H groups in total. The van der Waals surface area contributed by atoms with Gasteiger partial charge in [-0.2, -0.15) is 0 Å². The maximum absolute atomic E-state index is 12.3. The van der Waals surface area contributed by atoms with Gasteiger partial charge in [-0.25, -0.2) is 19.8 Å². The van der Waals surface area contributed by atoms with Crippen LogP contribution in [0.15, 0.2) is 30.3 Å². The van der Waals surface area contributed by atoms with E-state index in [9.17, 15) is 14.4 Å². The molecule has 1 aromatic carbocycles. The van der Waals surface area contributed by atoms with Crippen LogP contribution < -0.4 is 0 Å². The molecule has 0 aliphatic rings. The lowest BCUT2D eigenvalue weighted by Crippen LogP contribution is -2.56. The van der Waals surface area contributed by atoms with E-state index >= 15 is 0 Å². The number of carbonyl (C=O) groups excluding carboxylic acids is 3. The van der Waals surface area contributed by atoms with Gasteiger partial charge in [0, 0.05) is 6.92 Å². The summed E-state index contributed by atoms with van der Waals surface area (Å²) < 4.78 is 4.29. The smallest absolute Gasteiger partial charge is 0.447 e. The summed E-state index contributed by atoms with van der Waals surface area (Å²) in [6.07, 6.45) is 0.809. The summed E-state index contributed by atoms with van der Waals surface area (Å²) in [7, 11) is 2.71. The normalized spacial score (nSPS) is 10.7. The van der Waals surface area contributed by atoms with Crippen molar-refractivity contribution in [1.82, 2.24) is 5.06 Å². The van der Waals surface area contributed by atoms with Crippen LogP contribution in [0, 0.1) is 5.41 Å². The van der Waals surface area contributed by atoms with Crippen molar-refractivity contribution in [1.29, 1.82) is 5.41 Å². The second kappa shape index (κ2) is 11.0. The molecule has 0 aromatic heterocycles. The van der Waals surface area contributed by atoms with Gasteiger partial charge in [0.1, 0.15) is 14.1 Å². The Morgan fingerprint density at radius 2 is 1.79 bits per heavy atom. The SMILES string of the molecule is CCCCOC(=O)N(OC(=O)CCc1ccccc1)C(=N)[N+](C)(C)OC(C)=O. The monoisotopic (exact) mass is 394 g/mol. The van der Waals surface area contributed by atoms with Crippen LogP contribution in [0.25, 0.3) is 0 Å². The zero-order valence-electron chi connectivity index (χ0n) is 16.8. The molecule has 0 radical (unpaired) electrons. The number of aryl methyl sites for hydroxylation is 1. The van der Waals surface area contributed by atoms with Crippen LogP contribution in [0.5, 0.6) is 0 Å². The number of nitrogens with zero attached hydrogens (tertiary/aromatic N) is 2. The van der Waals surface area contributed by atoms with Crippen molar-refractivity contribution < 1.29 is 33.4 Å². The van der Waals surface area contributed by atoms with E-state index in [-0.39, 0.29) is 13.0 Å². The van der Waals surface area contributed by atoms with Crippen LogP contribution in [0.2, 0.25) is 0 Å². The van der Waals surface area contributed by atoms with E-state index in [1.54, 1.807) is 0 Å². The number of benzene rings is 1. The number of rotatable bonds is 6. The molecule has 9 heteroatoms. The third-order valence-corrected chi connectivity index (χ3v) is 3.60. The van der Waals surface area contributed by atoms with Gasteiger partial charge >= 0.3 is 24.0 Å². The van der Waals surface area contributed by atoms with E-state index in [0.717, 1.165) is 12.0 Å². The summed E-state index contributed by atoms with van der Waals surface area (Å²) in [5.41, 5.74) is 0.933. The molecule has 0 spiro atoms. The molecule has 1 aromatic rings. The Bertz CT molecular complexity index is 690. The van der Waals surface area contributed by atoms with Gasteiger partial charge in [-0.1, -0.05) is 48.3 Å². The van der Waals surface area contributed by atoms with Crippen LogP contribution in [0.4, 0.5) is 4.79 Å². The summed E-state index contributed by atoms with van der Waals surface area (Å²) in [5, 5.41) is 8.61. The molecule has 0 heterocycles. The third kappa shape index (κ3) is 7.75. The fourth-order valence-electron chi connectivity index (χ4n) is 2.15. The lowest BCUT2D eigenvalue weighted by Gasteiger charge is -2.29. The Labute approximate surface area is 164 Å². The molecule has 0 aliphatic heterocycles. The Morgan fingerprint density at radius 1 is 1.14 bits per heavy atom. The second-order valence-corrected chi connectivity index (χ2v) is 6.47. The van der Waals surface area contributed by atoms with Gasteiger partial charge in [-0.05, 0) is 23.5 Å². The van der Waals surface area contributed by atoms with Gasteiger partial charge in [0.15, 0.2) is 0 Å². The second-order valence-electron chi connectivity index (χ2n) is 6.47. The standard InChI is InChI=1S/C19H28N3O6/c1-5-6-14-26-19(25)21(18(20)22(3,4)28-15(2)23)27-17(24)13-12-16-10-8-7-9-11-16/h7-11,20H,5-6,12-14H2,1-4H3/q+1. The van der Waals surface area contributed by atoms with E-state index < -0.39 is 28.6 Å². The van der Waals surface area contributed by atoms with Gasteiger partial charge in [0.2, 0.25) is 0 Å². The molecule has 0 unspecified atom stereocenters. The topological polar surface area (TPSA) is 106 Å². The van der Waals surface area contributed by atoms with Crippen LogP contribution in [-0.4, -0.2) is 54.4 Å². The highest BCUT2D eigenvalue weighted by molar-refractivity contribution is 5.89. The first-order valence-corrected chi connectivity index (χ1v) is 9.02. The van der Waals surface area contributed by atoms with Crippen LogP contribution in [0.3, 0.4) is 0 Å². The maximum atomic E-state index is 12.3. The first kappa shape index (κ1) is 23.1.